The smallest absolute Gasteiger partial charge is 0.392 e. The fourth-order valence-electron chi connectivity index (χ4n) is 2.25. The van der Waals surface area contributed by atoms with Crippen molar-refractivity contribution in [2.24, 2.45) is 10.2 Å². The molecule has 0 spiro atoms. The van der Waals surface area contributed by atoms with Crippen molar-refractivity contribution in [1.82, 2.24) is 0 Å². The van der Waals surface area contributed by atoms with E-state index in [1.165, 1.54) is 18.2 Å². The highest BCUT2D eigenvalue weighted by Gasteiger charge is 2.13. The van der Waals surface area contributed by atoms with Crippen molar-refractivity contribution >= 4 is 50.4 Å². The third kappa shape index (κ3) is 3.97. The molecule has 0 atom stereocenters. The van der Waals surface area contributed by atoms with Gasteiger partial charge in [0, 0.05) is 11.5 Å². The van der Waals surface area contributed by atoms with Gasteiger partial charge in [-0.05, 0) is 30.3 Å². The van der Waals surface area contributed by atoms with Crippen LogP contribution in [-0.4, -0.2) is 13.0 Å². The van der Waals surface area contributed by atoms with Crippen molar-refractivity contribution in [3.8, 4) is 0 Å². The summed E-state index contributed by atoms with van der Waals surface area (Å²) in [5.74, 6) is 0. The van der Waals surface area contributed by atoms with Gasteiger partial charge in [0.25, 0.3) is 0 Å². The second-order valence-corrected chi connectivity index (χ2v) is 6.28. The number of rotatable bonds is 3. The Kier molecular flexibility index (Phi) is 5.44. The van der Waals surface area contributed by atoms with Crippen LogP contribution >= 0.6 is 12.4 Å². The summed E-state index contributed by atoms with van der Waals surface area (Å²) in [7, 11) is -4.54. The van der Waals surface area contributed by atoms with Gasteiger partial charge in [-0.1, -0.05) is 24.3 Å². The normalized spacial score (nSPS) is 11.2. The fraction of sp³-hybridized carbons (Fsp3) is 0. The van der Waals surface area contributed by atoms with Crippen LogP contribution in [0.25, 0.3) is 15.7 Å². The first-order valence-electron chi connectivity index (χ1n) is 6.83. The van der Waals surface area contributed by atoms with E-state index >= 15 is 0 Å². The molecule has 25 heavy (non-hydrogen) atoms. The van der Waals surface area contributed by atoms with Crippen molar-refractivity contribution in [1.29, 1.82) is 5.39 Å². The minimum atomic E-state index is -4.54. The van der Waals surface area contributed by atoms with Crippen molar-refractivity contribution in [2.45, 2.75) is 4.90 Å². The number of hydrogen-bond acceptors (Lipinski definition) is 6. The molecule has 3 aromatic rings. The van der Waals surface area contributed by atoms with Gasteiger partial charge in [0.2, 0.25) is 5.39 Å². The SMILES string of the molecule is Cl.N#[N+]c1ccc(N=Nc2cccc(S(=O)(=O)[O-])c2)c2ccccc12. The molecule has 0 amide bonds. The number of nitrogens with zero attached hydrogens (tertiary/aromatic N) is 4. The van der Waals surface area contributed by atoms with Crippen molar-refractivity contribution in [2.75, 3.05) is 0 Å². The van der Waals surface area contributed by atoms with Crippen LogP contribution in [0.3, 0.4) is 0 Å². The second kappa shape index (κ2) is 7.36. The molecule has 7 nitrogen and oxygen atoms in total. The first-order chi connectivity index (χ1) is 11.5. The highest BCUT2D eigenvalue weighted by molar-refractivity contribution is 7.85. The van der Waals surface area contributed by atoms with E-state index < -0.39 is 10.1 Å². The number of azo groups is 1. The highest BCUT2D eigenvalue weighted by Crippen LogP contribution is 2.34. The lowest BCUT2D eigenvalue weighted by Gasteiger charge is -2.06. The number of hydrogen-bond donors (Lipinski definition) is 0. The summed E-state index contributed by atoms with van der Waals surface area (Å²) in [4.78, 5) is 2.86. The first kappa shape index (κ1) is 18.5. The van der Waals surface area contributed by atoms with Gasteiger partial charge in [-0.25, -0.2) is 8.42 Å². The number of fused-ring (bicyclic) bond motifs is 1. The van der Waals surface area contributed by atoms with E-state index in [9.17, 15) is 13.0 Å². The average Bonchev–Trinajstić information content (AvgIpc) is 2.59. The maximum Gasteiger partial charge on any atom is 0.392 e. The van der Waals surface area contributed by atoms with Crippen LogP contribution in [0.4, 0.5) is 17.1 Å². The molecule has 0 fully saturated rings. The van der Waals surface area contributed by atoms with Crippen LogP contribution in [-0.2, 0) is 10.1 Å². The Morgan fingerprint density at radius 1 is 0.920 bits per heavy atom. The predicted molar refractivity (Wildman–Crippen MR) is 94.5 cm³/mol. The minimum absolute atomic E-state index is 0. The standard InChI is InChI=1S/C16H10N4O3S.ClH/c17-18-15-8-9-16(14-7-2-1-6-13(14)15)20-19-11-4-3-5-12(10-11)24(21,22)23;/h1-10H;1H. The van der Waals surface area contributed by atoms with Crippen LogP contribution in [0.5, 0.6) is 0 Å². The Morgan fingerprint density at radius 3 is 2.32 bits per heavy atom. The summed E-state index contributed by atoms with van der Waals surface area (Å²) in [5, 5.41) is 18.5. The van der Waals surface area contributed by atoms with E-state index in [2.05, 4.69) is 15.2 Å². The first-order valence-corrected chi connectivity index (χ1v) is 8.24. The average molecular weight is 375 g/mol. The van der Waals surface area contributed by atoms with Gasteiger partial charge in [0.05, 0.1) is 21.7 Å². The van der Waals surface area contributed by atoms with Gasteiger partial charge in [-0.15, -0.1) is 17.5 Å². The van der Waals surface area contributed by atoms with E-state index in [0.717, 1.165) is 11.5 Å². The van der Waals surface area contributed by atoms with E-state index in [0.29, 0.717) is 16.8 Å². The van der Waals surface area contributed by atoms with Gasteiger partial charge < -0.3 is 4.55 Å². The van der Waals surface area contributed by atoms with E-state index in [4.69, 9.17) is 5.39 Å². The molecule has 0 heterocycles. The highest BCUT2D eigenvalue weighted by atomic mass is 35.5. The molecule has 3 aromatic carbocycles. The van der Waals surface area contributed by atoms with Crippen molar-refractivity contribution in [3.63, 3.8) is 0 Å². The van der Waals surface area contributed by atoms with Crippen LogP contribution < -0.4 is 0 Å². The lowest BCUT2D eigenvalue weighted by atomic mass is 10.1. The van der Waals surface area contributed by atoms with E-state index in [-0.39, 0.29) is 23.0 Å². The maximum atomic E-state index is 11.0. The Morgan fingerprint density at radius 2 is 1.64 bits per heavy atom. The van der Waals surface area contributed by atoms with Crippen LogP contribution in [0.15, 0.2) is 75.8 Å². The zero-order valence-electron chi connectivity index (χ0n) is 12.6. The molecular weight excluding hydrogens is 364 g/mol. The third-order valence-corrected chi connectivity index (χ3v) is 4.20. The molecule has 0 aliphatic carbocycles. The monoisotopic (exact) mass is 374 g/mol. The summed E-state index contributed by atoms with van der Waals surface area (Å²) < 4.78 is 33.1. The topological polar surface area (TPSA) is 110 Å². The fourth-order valence-corrected chi connectivity index (χ4v) is 2.76. The zero-order chi connectivity index (χ0) is 17.2. The quantitative estimate of drug-likeness (QED) is 0.362. The molecule has 0 aromatic heterocycles. The number of diazo groups is 1. The Hall–Kier alpha value is -2.86. The molecular formula is C16H11ClN4O3S. The molecule has 0 bridgehead atoms. The molecule has 0 radical (unpaired) electrons. The predicted octanol–water partition coefficient (Wildman–Crippen LogP) is 5.07. The third-order valence-electron chi connectivity index (χ3n) is 3.37. The summed E-state index contributed by atoms with van der Waals surface area (Å²) in [6.07, 6.45) is 0. The second-order valence-electron chi connectivity index (χ2n) is 4.90. The largest absolute Gasteiger partial charge is 0.744 e. The molecule has 0 unspecified atom stereocenters. The lowest BCUT2D eigenvalue weighted by molar-refractivity contribution is 0.463. The summed E-state index contributed by atoms with van der Waals surface area (Å²) in [6.45, 7) is 0. The van der Waals surface area contributed by atoms with E-state index in [1.807, 2.05) is 6.07 Å². The van der Waals surface area contributed by atoms with E-state index in [1.54, 1.807) is 30.3 Å². The zero-order valence-corrected chi connectivity index (χ0v) is 14.2. The van der Waals surface area contributed by atoms with Crippen LogP contribution in [0.1, 0.15) is 0 Å². The summed E-state index contributed by atoms with van der Waals surface area (Å²) in [5.41, 5.74) is 1.17. The molecule has 9 heteroatoms. The van der Waals surface area contributed by atoms with Crippen LogP contribution in [0, 0.1) is 5.39 Å². The van der Waals surface area contributed by atoms with Gasteiger partial charge in [-0.3, -0.25) is 0 Å². The Balaban J connectivity index is 0.00000225. The molecule has 0 aliphatic heterocycles. The molecule has 126 valence electrons. The Labute approximate surface area is 149 Å². The lowest BCUT2D eigenvalue weighted by Crippen LogP contribution is -1.97. The van der Waals surface area contributed by atoms with Crippen molar-refractivity contribution in [3.05, 3.63) is 65.6 Å². The molecule has 0 saturated heterocycles. The summed E-state index contributed by atoms with van der Waals surface area (Å²) in [6, 6.07) is 15.8. The van der Waals surface area contributed by atoms with Gasteiger partial charge >= 0.3 is 5.69 Å². The van der Waals surface area contributed by atoms with Gasteiger partial charge in [0.15, 0.2) is 4.98 Å². The van der Waals surface area contributed by atoms with Crippen LogP contribution in [0.2, 0.25) is 0 Å². The number of halogens is 1. The number of benzene rings is 3. The molecule has 3 rings (SSSR count). The maximum absolute atomic E-state index is 11.0. The molecule has 0 saturated carbocycles. The van der Waals surface area contributed by atoms with Gasteiger partial charge in [0.1, 0.15) is 10.1 Å². The Bertz CT molecular complexity index is 1110. The minimum Gasteiger partial charge on any atom is -0.744 e. The van der Waals surface area contributed by atoms with Crippen molar-refractivity contribution < 1.29 is 13.0 Å². The summed E-state index contributed by atoms with van der Waals surface area (Å²) >= 11 is 0. The molecule has 0 aliphatic rings. The van der Waals surface area contributed by atoms with Gasteiger partial charge in [-0.2, -0.15) is 5.11 Å². The molecule has 0 N–H and O–H groups in total.